The van der Waals surface area contributed by atoms with Crippen molar-refractivity contribution in [3.8, 4) is 5.69 Å². The van der Waals surface area contributed by atoms with Gasteiger partial charge in [-0.15, -0.1) is 11.3 Å². The van der Waals surface area contributed by atoms with Crippen LogP contribution in [0.25, 0.3) is 15.9 Å². The highest BCUT2D eigenvalue weighted by Crippen LogP contribution is 2.33. The van der Waals surface area contributed by atoms with E-state index in [-0.39, 0.29) is 5.43 Å². The summed E-state index contributed by atoms with van der Waals surface area (Å²) >= 11 is 7.31. The van der Waals surface area contributed by atoms with Gasteiger partial charge in [0.15, 0.2) is 5.43 Å². The minimum atomic E-state index is -0.409. The van der Waals surface area contributed by atoms with Gasteiger partial charge >= 0.3 is 0 Å². The zero-order valence-electron chi connectivity index (χ0n) is 13.2. The van der Waals surface area contributed by atoms with Crippen LogP contribution in [0.4, 0.5) is 20.3 Å². The third kappa shape index (κ3) is 3.09. The Morgan fingerprint density at radius 2 is 1.69 bits per heavy atom. The molecule has 0 bridgehead atoms. The van der Waals surface area contributed by atoms with Crippen LogP contribution in [0.1, 0.15) is 0 Å². The highest BCUT2D eigenvalue weighted by atomic mass is 35.5. The molecule has 7 heteroatoms. The highest BCUT2D eigenvalue weighted by Gasteiger charge is 2.15. The van der Waals surface area contributed by atoms with Crippen molar-refractivity contribution in [1.82, 2.24) is 4.57 Å². The smallest absolute Gasteiger partial charge is 0.192 e. The molecule has 0 amide bonds. The molecule has 0 unspecified atom stereocenters. The Morgan fingerprint density at radius 1 is 0.962 bits per heavy atom. The van der Waals surface area contributed by atoms with Gasteiger partial charge in [0.05, 0.1) is 15.4 Å². The second-order valence-electron chi connectivity index (χ2n) is 5.61. The van der Waals surface area contributed by atoms with Gasteiger partial charge in [0.2, 0.25) is 0 Å². The van der Waals surface area contributed by atoms with E-state index in [2.05, 4.69) is 5.32 Å². The fraction of sp³-hybridized carbons (Fsp3) is 0. The van der Waals surface area contributed by atoms with Gasteiger partial charge in [0.25, 0.3) is 0 Å². The van der Waals surface area contributed by atoms with Crippen molar-refractivity contribution in [1.29, 1.82) is 0 Å². The normalized spacial score (nSPS) is 11.0. The van der Waals surface area contributed by atoms with Crippen molar-refractivity contribution in [3.63, 3.8) is 0 Å². The Hall–Kier alpha value is -2.70. The predicted octanol–water partition coefficient (Wildman–Crippen LogP) is 5.73. The predicted molar refractivity (Wildman–Crippen MR) is 102 cm³/mol. The Labute approximate surface area is 156 Å². The number of hydrogen-bond acceptors (Lipinski definition) is 3. The summed E-state index contributed by atoms with van der Waals surface area (Å²) in [6.45, 7) is 0. The van der Waals surface area contributed by atoms with Crippen LogP contribution in [0.15, 0.2) is 65.5 Å². The lowest BCUT2D eigenvalue weighted by atomic mass is 10.2. The lowest BCUT2D eigenvalue weighted by molar-refractivity contribution is 0.627. The van der Waals surface area contributed by atoms with Crippen LogP contribution in [0.5, 0.6) is 0 Å². The van der Waals surface area contributed by atoms with Gasteiger partial charge in [-0.25, -0.2) is 8.78 Å². The summed E-state index contributed by atoms with van der Waals surface area (Å²) < 4.78 is 29.4. The molecule has 0 aliphatic heterocycles. The van der Waals surface area contributed by atoms with Crippen molar-refractivity contribution >= 4 is 44.7 Å². The van der Waals surface area contributed by atoms with Gasteiger partial charge in [0.1, 0.15) is 22.3 Å². The van der Waals surface area contributed by atoms with Crippen molar-refractivity contribution in [2.75, 3.05) is 5.32 Å². The summed E-state index contributed by atoms with van der Waals surface area (Å²) in [7, 11) is 0. The first-order valence-electron chi connectivity index (χ1n) is 7.65. The molecule has 4 aromatic rings. The van der Waals surface area contributed by atoms with Crippen molar-refractivity contribution < 1.29 is 8.78 Å². The zero-order valence-corrected chi connectivity index (χ0v) is 14.7. The Balaban J connectivity index is 1.99. The van der Waals surface area contributed by atoms with E-state index in [1.165, 1.54) is 41.7 Å². The molecule has 0 aliphatic carbocycles. The number of halogens is 3. The summed E-state index contributed by atoms with van der Waals surface area (Å²) in [4.78, 5) is 13.0. The maximum atomic E-state index is 13.8. The molecule has 0 saturated heterocycles. The number of benzene rings is 2. The first kappa shape index (κ1) is 16.8. The highest BCUT2D eigenvalue weighted by molar-refractivity contribution is 7.22. The maximum absolute atomic E-state index is 13.8. The van der Waals surface area contributed by atoms with Crippen LogP contribution in [-0.2, 0) is 0 Å². The lowest BCUT2D eigenvalue weighted by Crippen LogP contribution is -2.11. The topological polar surface area (TPSA) is 34.0 Å². The molecule has 2 aromatic carbocycles. The summed E-state index contributed by atoms with van der Waals surface area (Å²) in [5.41, 5.74) is 0.763. The molecule has 0 radical (unpaired) electrons. The molecule has 0 fully saturated rings. The van der Waals surface area contributed by atoms with Gasteiger partial charge in [-0.05, 0) is 42.5 Å². The van der Waals surface area contributed by atoms with E-state index >= 15 is 0 Å². The average molecular weight is 389 g/mol. The average Bonchev–Trinajstić information content (AvgIpc) is 2.97. The minimum absolute atomic E-state index is 0.227. The van der Waals surface area contributed by atoms with Crippen LogP contribution >= 0.6 is 22.9 Å². The van der Waals surface area contributed by atoms with E-state index in [0.717, 1.165) is 0 Å². The molecule has 26 heavy (non-hydrogen) atoms. The monoisotopic (exact) mass is 388 g/mol. The van der Waals surface area contributed by atoms with E-state index in [1.807, 2.05) is 0 Å². The van der Waals surface area contributed by atoms with Crippen molar-refractivity contribution in [3.05, 3.63) is 86.9 Å². The first-order chi connectivity index (χ1) is 12.5. The van der Waals surface area contributed by atoms with Crippen LogP contribution in [0.3, 0.4) is 0 Å². The Morgan fingerprint density at radius 3 is 2.42 bits per heavy atom. The number of thiophene rings is 1. The minimum Gasteiger partial charge on any atom is -0.341 e. The number of anilines is 2. The van der Waals surface area contributed by atoms with Gasteiger partial charge in [-0.2, -0.15) is 0 Å². The van der Waals surface area contributed by atoms with E-state index < -0.39 is 11.6 Å². The van der Waals surface area contributed by atoms with E-state index in [1.54, 1.807) is 34.9 Å². The third-order valence-electron chi connectivity index (χ3n) is 3.82. The van der Waals surface area contributed by atoms with Crippen LogP contribution < -0.4 is 10.7 Å². The second-order valence-corrected chi connectivity index (χ2v) is 7.28. The van der Waals surface area contributed by atoms with Crippen molar-refractivity contribution in [2.45, 2.75) is 0 Å². The fourth-order valence-corrected chi connectivity index (χ4v) is 4.00. The molecule has 130 valence electrons. The number of aromatic nitrogens is 1. The maximum Gasteiger partial charge on any atom is 0.192 e. The molecule has 0 spiro atoms. The van der Waals surface area contributed by atoms with E-state index in [0.29, 0.717) is 31.7 Å². The molecule has 0 aliphatic rings. The first-order valence-corrected chi connectivity index (χ1v) is 8.84. The molecule has 2 aromatic heterocycles. The van der Waals surface area contributed by atoms with Crippen molar-refractivity contribution in [2.24, 2.45) is 0 Å². The SMILES string of the molecule is O=c1cc(Nc2cccc(F)c2)n(-c2cccc(F)c2)c2sc(Cl)cc12. The standard InChI is InChI=1S/C19H11ClF2N2OS/c20-17-9-15-16(25)10-18(23-13-5-1-3-11(21)7-13)24(19(15)26-17)14-6-2-4-12(22)8-14/h1-10,23H. The molecule has 1 N–H and O–H groups in total. The molecule has 0 saturated carbocycles. The van der Waals surface area contributed by atoms with Crippen LogP contribution in [0.2, 0.25) is 4.34 Å². The molecule has 0 atom stereocenters. The summed E-state index contributed by atoms with van der Waals surface area (Å²) in [5, 5.41) is 3.48. The molecular formula is C19H11ClF2N2OS. The summed E-state index contributed by atoms with van der Waals surface area (Å²) in [6.07, 6.45) is 0. The summed E-state index contributed by atoms with van der Waals surface area (Å²) in [5.74, 6) is -0.430. The van der Waals surface area contributed by atoms with Crippen LogP contribution in [-0.4, -0.2) is 4.57 Å². The van der Waals surface area contributed by atoms with Gasteiger partial charge in [-0.1, -0.05) is 23.7 Å². The second kappa shape index (κ2) is 6.55. The molecule has 2 heterocycles. The number of pyridine rings is 1. The van der Waals surface area contributed by atoms with Gasteiger partial charge < -0.3 is 5.32 Å². The molecular weight excluding hydrogens is 378 g/mol. The van der Waals surface area contributed by atoms with E-state index in [4.69, 9.17) is 11.6 Å². The van der Waals surface area contributed by atoms with Crippen LogP contribution in [0, 0.1) is 11.6 Å². The largest absolute Gasteiger partial charge is 0.341 e. The third-order valence-corrected chi connectivity index (χ3v) is 5.07. The van der Waals surface area contributed by atoms with Gasteiger partial charge in [-0.3, -0.25) is 9.36 Å². The number of fused-ring (bicyclic) bond motifs is 1. The fourth-order valence-electron chi connectivity index (χ4n) is 2.75. The number of nitrogens with zero attached hydrogens (tertiary/aromatic N) is 1. The Bertz CT molecular complexity index is 1190. The summed E-state index contributed by atoms with van der Waals surface area (Å²) in [6, 6.07) is 14.8. The van der Waals surface area contributed by atoms with Gasteiger partial charge in [0, 0.05) is 11.8 Å². The lowest BCUT2D eigenvalue weighted by Gasteiger charge is -2.16. The molecule has 4 rings (SSSR count). The Kier molecular flexibility index (Phi) is 4.22. The number of nitrogens with one attached hydrogen (secondary N) is 1. The zero-order chi connectivity index (χ0) is 18.3. The molecule has 3 nitrogen and oxygen atoms in total. The number of hydrogen-bond donors (Lipinski definition) is 1. The van der Waals surface area contributed by atoms with E-state index in [9.17, 15) is 13.6 Å². The number of rotatable bonds is 3. The quantitative estimate of drug-likeness (QED) is 0.486.